The summed E-state index contributed by atoms with van der Waals surface area (Å²) in [5.41, 5.74) is 0.885. The van der Waals surface area contributed by atoms with Crippen LogP contribution in [0.15, 0.2) is 0 Å². The van der Waals surface area contributed by atoms with Gasteiger partial charge in [0.25, 0.3) is 0 Å². The molecule has 5 nitrogen and oxygen atoms in total. The van der Waals surface area contributed by atoms with E-state index >= 15 is 0 Å². The number of carbonyl (C=O) groups is 2. The van der Waals surface area contributed by atoms with E-state index in [9.17, 15) is 14.7 Å². The second-order valence-corrected chi connectivity index (χ2v) is 13.9. The zero-order valence-corrected chi connectivity index (χ0v) is 22.7. The average Bonchev–Trinajstić information content (AvgIpc) is 3.41. The summed E-state index contributed by atoms with van der Waals surface area (Å²) in [6.07, 6.45) is 13.9. The number of amides is 2. The molecule has 0 aromatic rings. The molecule has 10 atom stereocenters. The molecule has 0 bridgehead atoms. The van der Waals surface area contributed by atoms with Gasteiger partial charge in [-0.3, -0.25) is 9.59 Å². The highest BCUT2D eigenvalue weighted by Gasteiger charge is 2.60. The molecular formula is C30H50N2O3. The Morgan fingerprint density at radius 3 is 2.51 bits per heavy atom. The summed E-state index contributed by atoms with van der Waals surface area (Å²) in [5.74, 6) is 4.93. The number of hydrogen-bond donors (Lipinski definition) is 2. The Kier molecular flexibility index (Phi) is 7.04. The minimum absolute atomic E-state index is 0.000215. The minimum atomic E-state index is -0.0604. The maximum Gasteiger partial charge on any atom is 0.222 e. The lowest BCUT2D eigenvalue weighted by molar-refractivity contribution is -0.132. The van der Waals surface area contributed by atoms with Crippen LogP contribution in [0.4, 0.5) is 0 Å². The number of nitrogens with one attached hydrogen (secondary N) is 1. The molecule has 0 unspecified atom stereocenters. The maximum atomic E-state index is 12.9. The smallest absolute Gasteiger partial charge is 0.222 e. The van der Waals surface area contributed by atoms with E-state index in [4.69, 9.17) is 0 Å². The molecule has 4 aliphatic carbocycles. The standard InChI is InChI=1S/C30H50N2O3/c1-19(5-10-28(35)32-16-13-22(18-32)31-20(2)33)25-8-9-26-24-7-6-21-17-23(34)11-14-29(21,3)27(24)12-15-30(25,26)4/h19,21-27,34H,5-18H2,1-4H3,(H,31,33)/t19-,21+,22+,23+,24+,25-,26+,27+,29+,30-/m1/s1. The number of rotatable bonds is 5. The Labute approximate surface area is 213 Å². The fourth-order valence-corrected chi connectivity index (χ4v) is 10.3. The Hall–Kier alpha value is -1.10. The van der Waals surface area contributed by atoms with E-state index in [1.165, 1.54) is 44.9 Å². The first-order valence-electron chi connectivity index (χ1n) is 14.8. The van der Waals surface area contributed by atoms with Gasteiger partial charge in [0.15, 0.2) is 0 Å². The maximum absolute atomic E-state index is 12.9. The molecule has 198 valence electrons. The van der Waals surface area contributed by atoms with Gasteiger partial charge < -0.3 is 15.3 Å². The number of aliphatic hydroxyl groups excluding tert-OH is 1. The Balaban J connectivity index is 1.18. The van der Waals surface area contributed by atoms with Gasteiger partial charge in [0.1, 0.15) is 0 Å². The first kappa shape index (κ1) is 25.5. The van der Waals surface area contributed by atoms with Crippen molar-refractivity contribution in [2.45, 2.75) is 117 Å². The zero-order chi connectivity index (χ0) is 25.0. The van der Waals surface area contributed by atoms with Crippen molar-refractivity contribution in [2.75, 3.05) is 13.1 Å². The van der Waals surface area contributed by atoms with Crippen LogP contribution in [0.25, 0.3) is 0 Å². The zero-order valence-electron chi connectivity index (χ0n) is 22.7. The topological polar surface area (TPSA) is 69.6 Å². The van der Waals surface area contributed by atoms with Crippen LogP contribution in [0.1, 0.15) is 105 Å². The van der Waals surface area contributed by atoms with E-state index < -0.39 is 0 Å². The predicted octanol–water partition coefficient (Wildman–Crippen LogP) is 5.16. The van der Waals surface area contributed by atoms with Crippen molar-refractivity contribution in [3.05, 3.63) is 0 Å². The molecule has 35 heavy (non-hydrogen) atoms. The fraction of sp³-hybridized carbons (Fsp3) is 0.933. The van der Waals surface area contributed by atoms with Crippen LogP contribution in [0, 0.1) is 46.3 Å². The number of fused-ring (bicyclic) bond motifs is 5. The van der Waals surface area contributed by atoms with Crippen LogP contribution in [0.3, 0.4) is 0 Å². The molecule has 1 aliphatic heterocycles. The van der Waals surface area contributed by atoms with Crippen molar-refractivity contribution >= 4 is 11.8 Å². The highest BCUT2D eigenvalue weighted by molar-refractivity contribution is 5.77. The highest BCUT2D eigenvalue weighted by Crippen LogP contribution is 2.68. The van der Waals surface area contributed by atoms with Crippen LogP contribution in [-0.2, 0) is 9.59 Å². The van der Waals surface area contributed by atoms with Gasteiger partial charge in [-0.15, -0.1) is 0 Å². The Morgan fingerprint density at radius 1 is 1.00 bits per heavy atom. The molecule has 1 saturated heterocycles. The molecule has 5 heteroatoms. The van der Waals surface area contributed by atoms with Crippen molar-refractivity contribution in [1.29, 1.82) is 0 Å². The summed E-state index contributed by atoms with van der Waals surface area (Å²) < 4.78 is 0. The third-order valence-corrected chi connectivity index (χ3v) is 12.2. The number of likely N-dealkylation sites (tertiary alicyclic amines) is 1. The third kappa shape index (κ3) is 4.57. The quantitative estimate of drug-likeness (QED) is 0.564. The second kappa shape index (κ2) is 9.65. The van der Waals surface area contributed by atoms with Gasteiger partial charge in [-0.1, -0.05) is 20.8 Å². The van der Waals surface area contributed by atoms with E-state index in [0.717, 1.165) is 61.8 Å². The van der Waals surface area contributed by atoms with Crippen LogP contribution in [-0.4, -0.2) is 47.1 Å². The Morgan fingerprint density at radius 2 is 1.74 bits per heavy atom. The van der Waals surface area contributed by atoms with E-state index in [2.05, 4.69) is 26.1 Å². The number of nitrogens with zero attached hydrogens (tertiary/aromatic N) is 1. The monoisotopic (exact) mass is 486 g/mol. The first-order valence-corrected chi connectivity index (χ1v) is 14.8. The molecule has 5 aliphatic rings. The number of carbonyl (C=O) groups excluding carboxylic acids is 2. The highest BCUT2D eigenvalue weighted by atomic mass is 16.3. The summed E-state index contributed by atoms with van der Waals surface area (Å²) in [6.45, 7) is 10.6. The lowest BCUT2D eigenvalue weighted by Crippen LogP contribution is -2.54. The van der Waals surface area contributed by atoms with E-state index in [-0.39, 0.29) is 24.0 Å². The van der Waals surface area contributed by atoms with Crippen molar-refractivity contribution in [1.82, 2.24) is 10.2 Å². The SMILES string of the molecule is CC(=O)N[C@H]1CCN(C(=O)CC[C@@H](C)[C@H]2CC[C@H]3[C@@H]4CC[C@H]5C[C@@H](O)CC[C@]5(C)[C@H]4CC[C@]23C)C1. The molecule has 0 aromatic heterocycles. The molecule has 1 heterocycles. The summed E-state index contributed by atoms with van der Waals surface area (Å²) in [7, 11) is 0. The van der Waals surface area contributed by atoms with Crippen molar-refractivity contribution in [3.63, 3.8) is 0 Å². The van der Waals surface area contributed by atoms with Gasteiger partial charge in [-0.25, -0.2) is 0 Å². The molecule has 0 aromatic carbocycles. The van der Waals surface area contributed by atoms with Gasteiger partial charge in [0.05, 0.1) is 6.10 Å². The molecule has 4 saturated carbocycles. The molecule has 0 radical (unpaired) electrons. The first-order chi connectivity index (χ1) is 16.6. The van der Waals surface area contributed by atoms with Gasteiger partial charge in [0, 0.05) is 32.5 Å². The van der Waals surface area contributed by atoms with Crippen LogP contribution >= 0.6 is 0 Å². The lowest BCUT2D eigenvalue weighted by atomic mass is 9.44. The summed E-state index contributed by atoms with van der Waals surface area (Å²) in [6, 6.07) is 0.128. The molecule has 5 rings (SSSR count). The largest absolute Gasteiger partial charge is 0.393 e. The van der Waals surface area contributed by atoms with Gasteiger partial charge in [0.2, 0.25) is 11.8 Å². The number of aliphatic hydroxyl groups is 1. The van der Waals surface area contributed by atoms with Gasteiger partial charge >= 0.3 is 0 Å². The van der Waals surface area contributed by atoms with Crippen LogP contribution in [0.2, 0.25) is 0 Å². The molecule has 5 fully saturated rings. The predicted molar refractivity (Wildman–Crippen MR) is 138 cm³/mol. The molecular weight excluding hydrogens is 436 g/mol. The van der Waals surface area contributed by atoms with Crippen molar-refractivity contribution < 1.29 is 14.7 Å². The van der Waals surface area contributed by atoms with E-state index in [0.29, 0.717) is 29.7 Å². The fourth-order valence-electron chi connectivity index (χ4n) is 10.3. The summed E-state index contributed by atoms with van der Waals surface area (Å²) in [4.78, 5) is 26.3. The van der Waals surface area contributed by atoms with Gasteiger partial charge in [-0.05, 0) is 117 Å². The second-order valence-electron chi connectivity index (χ2n) is 13.9. The summed E-state index contributed by atoms with van der Waals surface area (Å²) >= 11 is 0. The van der Waals surface area contributed by atoms with Gasteiger partial charge in [-0.2, -0.15) is 0 Å². The van der Waals surface area contributed by atoms with Crippen molar-refractivity contribution in [2.24, 2.45) is 46.3 Å². The molecule has 2 amide bonds. The number of hydrogen-bond acceptors (Lipinski definition) is 3. The Bertz CT molecular complexity index is 815. The van der Waals surface area contributed by atoms with Crippen molar-refractivity contribution in [3.8, 4) is 0 Å². The minimum Gasteiger partial charge on any atom is -0.393 e. The van der Waals surface area contributed by atoms with E-state index in [1.54, 1.807) is 6.92 Å². The lowest BCUT2D eigenvalue weighted by Gasteiger charge is -2.61. The third-order valence-electron chi connectivity index (χ3n) is 12.2. The van der Waals surface area contributed by atoms with Crippen LogP contribution < -0.4 is 5.32 Å². The van der Waals surface area contributed by atoms with E-state index in [1.807, 2.05) is 4.90 Å². The molecule has 2 N–H and O–H groups in total. The van der Waals surface area contributed by atoms with Crippen LogP contribution in [0.5, 0.6) is 0 Å². The average molecular weight is 487 g/mol. The normalized spacial score (nSPS) is 45.9. The molecule has 0 spiro atoms. The summed E-state index contributed by atoms with van der Waals surface area (Å²) in [5, 5.41) is 13.3.